The molecule has 0 radical (unpaired) electrons. The van der Waals surface area contributed by atoms with Crippen molar-refractivity contribution in [1.29, 1.82) is 0 Å². The van der Waals surface area contributed by atoms with Crippen LogP contribution in [0.3, 0.4) is 0 Å². The van der Waals surface area contributed by atoms with Crippen LogP contribution in [0.4, 0.5) is 0 Å². The second-order valence-corrected chi connectivity index (χ2v) is 6.46. The molecule has 96 valence electrons. The van der Waals surface area contributed by atoms with Crippen LogP contribution < -0.4 is 11.1 Å². The van der Waals surface area contributed by atoms with Crippen molar-refractivity contribution < 1.29 is 13.2 Å². The molecule has 1 atom stereocenters. The number of rotatable bonds is 8. The number of nitrogens with two attached hydrogens (primary N) is 1. The number of hydrogen-bond donors (Lipinski definition) is 2. The fourth-order valence-electron chi connectivity index (χ4n) is 1.24. The third-order valence-electron chi connectivity index (χ3n) is 2.08. The molecule has 0 aliphatic heterocycles. The zero-order chi connectivity index (χ0) is 12.6. The molecule has 0 heterocycles. The first-order valence-electron chi connectivity index (χ1n) is 5.51. The Morgan fingerprint density at radius 2 is 2.00 bits per heavy atom. The lowest BCUT2D eigenvalue weighted by Gasteiger charge is -2.06. The number of nitrogens with one attached hydrogen (secondary N) is 1. The van der Waals surface area contributed by atoms with Crippen LogP contribution in [-0.2, 0) is 14.6 Å². The van der Waals surface area contributed by atoms with Gasteiger partial charge in [0.05, 0.1) is 5.75 Å². The Bertz CT molecular complexity index is 299. The van der Waals surface area contributed by atoms with E-state index >= 15 is 0 Å². The van der Waals surface area contributed by atoms with Gasteiger partial charge in [0.1, 0.15) is 9.84 Å². The second-order valence-electron chi connectivity index (χ2n) is 4.20. The monoisotopic (exact) mass is 250 g/mol. The van der Waals surface area contributed by atoms with E-state index in [1.165, 1.54) is 6.26 Å². The maximum atomic E-state index is 11.2. The largest absolute Gasteiger partial charge is 0.356 e. The number of hydrogen-bond acceptors (Lipinski definition) is 4. The first-order valence-corrected chi connectivity index (χ1v) is 7.57. The van der Waals surface area contributed by atoms with Crippen LogP contribution in [0, 0.1) is 0 Å². The molecule has 0 aliphatic carbocycles. The minimum absolute atomic E-state index is 0.0332. The predicted octanol–water partition coefficient (Wildman–Crippen LogP) is 0.0548. The first-order chi connectivity index (χ1) is 7.31. The molecule has 0 saturated carbocycles. The highest BCUT2D eigenvalue weighted by atomic mass is 32.2. The first kappa shape index (κ1) is 15.4. The van der Waals surface area contributed by atoms with Crippen LogP contribution in [-0.4, -0.2) is 38.9 Å². The lowest BCUT2D eigenvalue weighted by atomic mass is 10.1. The Morgan fingerprint density at radius 1 is 1.38 bits per heavy atom. The summed E-state index contributed by atoms with van der Waals surface area (Å²) < 4.78 is 21.6. The molecule has 0 aromatic heterocycles. The van der Waals surface area contributed by atoms with Gasteiger partial charge in [-0.05, 0) is 26.2 Å². The highest BCUT2D eigenvalue weighted by Crippen LogP contribution is 1.98. The molecule has 0 aromatic rings. The van der Waals surface area contributed by atoms with Crippen molar-refractivity contribution in [3.8, 4) is 0 Å². The van der Waals surface area contributed by atoms with E-state index in [0.717, 1.165) is 12.8 Å². The number of sulfone groups is 1. The van der Waals surface area contributed by atoms with E-state index in [0.29, 0.717) is 19.4 Å². The van der Waals surface area contributed by atoms with Gasteiger partial charge in [-0.3, -0.25) is 4.79 Å². The Kier molecular flexibility index (Phi) is 7.33. The van der Waals surface area contributed by atoms with Gasteiger partial charge in [-0.1, -0.05) is 0 Å². The van der Waals surface area contributed by atoms with Gasteiger partial charge in [0.15, 0.2) is 0 Å². The summed E-state index contributed by atoms with van der Waals surface area (Å²) in [4.78, 5) is 11.2. The lowest BCUT2D eigenvalue weighted by Crippen LogP contribution is -2.26. The molecule has 6 heteroatoms. The Balaban J connectivity index is 3.45. The molecule has 0 bridgehead atoms. The van der Waals surface area contributed by atoms with E-state index in [1.807, 2.05) is 6.92 Å². The zero-order valence-corrected chi connectivity index (χ0v) is 10.8. The van der Waals surface area contributed by atoms with E-state index in [4.69, 9.17) is 5.73 Å². The summed E-state index contributed by atoms with van der Waals surface area (Å²) >= 11 is 0. The molecular formula is C10H22N2O3S. The van der Waals surface area contributed by atoms with Gasteiger partial charge in [-0.15, -0.1) is 0 Å². The molecule has 0 saturated heterocycles. The SMILES string of the molecule is CC(N)CCCC(=O)NCCCS(C)(=O)=O. The van der Waals surface area contributed by atoms with Crippen molar-refractivity contribution in [2.75, 3.05) is 18.6 Å². The van der Waals surface area contributed by atoms with Gasteiger partial charge in [-0.25, -0.2) is 8.42 Å². The maximum Gasteiger partial charge on any atom is 0.219 e. The topological polar surface area (TPSA) is 89.3 Å². The summed E-state index contributed by atoms with van der Waals surface area (Å²) in [5.74, 6) is 0.0850. The molecule has 3 N–H and O–H groups in total. The van der Waals surface area contributed by atoms with Gasteiger partial charge in [0, 0.05) is 25.3 Å². The fraction of sp³-hybridized carbons (Fsp3) is 0.900. The van der Waals surface area contributed by atoms with Crippen molar-refractivity contribution in [1.82, 2.24) is 5.32 Å². The van der Waals surface area contributed by atoms with Gasteiger partial charge in [0.25, 0.3) is 0 Å². The normalized spacial score (nSPS) is 13.4. The summed E-state index contributed by atoms with van der Waals surface area (Å²) in [7, 11) is -2.92. The van der Waals surface area contributed by atoms with Crippen LogP contribution >= 0.6 is 0 Å². The van der Waals surface area contributed by atoms with Crippen LogP contribution in [0.25, 0.3) is 0 Å². The average Bonchev–Trinajstić information content (AvgIpc) is 2.10. The Morgan fingerprint density at radius 3 is 2.50 bits per heavy atom. The highest BCUT2D eigenvalue weighted by molar-refractivity contribution is 7.90. The number of carbonyl (C=O) groups excluding carboxylic acids is 1. The molecule has 0 spiro atoms. The quantitative estimate of drug-likeness (QED) is 0.596. The van der Waals surface area contributed by atoms with E-state index in [-0.39, 0.29) is 17.7 Å². The summed E-state index contributed by atoms with van der Waals surface area (Å²) in [5, 5.41) is 2.68. The van der Waals surface area contributed by atoms with Crippen LogP contribution in [0.1, 0.15) is 32.6 Å². The molecule has 0 rings (SSSR count). The second kappa shape index (κ2) is 7.62. The van der Waals surface area contributed by atoms with Crippen molar-refractivity contribution in [3.05, 3.63) is 0 Å². The summed E-state index contributed by atoms with van der Waals surface area (Å²) in [6.45, 7) is 2.33. The summed E-state index contributed by atoms with van der Waals surface area (Å²) in [6.07, 6.45) is 3.72. The van der Waals surface area contributed by atoms with E-state index in [9.17, 15) is 13.2 Å². The van der Waals surface area contributed by atoms with Gasteiger partial charge >= 0.3 is 0 Å². The zero-order valence-electron chi connectivity index (χ0n) is 10.0. The minimum Gasteiger partial charge on any atom is -0.356 e. The highest BCUT2D eigenvalue weighted by Gasteiger charge is 2.04. The third-order valence-corrected chi connectivity index (χ3v) is 3.11. The van der Waals surface area contributed by atoms with Crippen LogP contribution in [0.2, 0.25) is 0 Å². The number of amides is 1. The van der Waals surface area contributed by atoms with Crippen LogP contribution in [0.5, 0.6) is 0 Å². The van der Waals surface area contributed by atoms with E-state index in [1.54, 1.807) is 0 Å². The van der Waals surface area contributed by atoms with Crippen molar-refractivity contribution in [2.45, 2.75) is 38.6 Å². The Labute approximate surface area is 97.7 Å². The van der Waals surface area contributed by atoms with E-state index < -0.39 is 9.84 Å². The molecule has 5 nitrogen and oxygen atoms in total. The standard InChI is InChI=1S/C10H22N2O3S/c1-9(11)5-3-6-10(13)12-7-4-8-16(2,14)15/h9H,3-8,11H2,1-2H3,(H,12,13). The fourth-order valence-corrected chi connectivity index (χ4v) is 1.90. The molecule has 1 amide bonds. The molecule has 1 unspecified atom stereocenters. The molecule has 16 heavy (non-hydrogen) atoms. The van der Waals surface area contributed by atoms with Crippen LogP contribution in [0.15, 0.2) is 0 Å². The maximum absolute atomic E-state index is 11.2. The summed E-state index contributed by atoms with van der Waals surface area (Å²) in [6, 6.07) is 0.123. The van der Waals surface area contributed by atoms with Gasteiger partial charge in [0.2, 0.25) is 5.91 Å². The third kappa shape index (κ3) is 11.5. The van der Waals surface area contributed by atoms with Gasteiger partial charge < -0.3 is 11.1 Å². The van der Waals surface area contributed by atoms with E-state index in [2.05, 4.69) is 5.32 Å². The lowest BCUT2D eigenvalue weighted by molar-refractivity contribution is -0.121. The molecule has 0 aromatic carbocycles. The van der Waals surface area contributed by atoms with Gasteiger partial charge in [-0.2, -0.15) is 0 Å². The Hall–Kier alpha value is -0.620. The smallest absolute Gasteiger partial charge is 0.219 e. The number of carbonyl (C=O) groups is 1. The molecule has 0 fully saturated rings. The summed E-state index contributed by atoms with van der Waals surface area (Å²) in [5.41, 5.74) is 5.55. The van der Waals surface area contributed by atoms with Crippen molar-refractivity contribution in [2.24, 2.45) is 5.73 Å². The average molecular weight is 250 g/mol. The minimum atomic E-state index is -2.92. The predicted molar refractivity (Wildman–Crippen MR) is 64.8 cm³/mol. The van der Waals surface area contributed by atoms with Crippen molar-refractivity contribution >= 4 is 15.7 Å². The molecule has 0 aliphatic rings. The van der Waals surface area contributed by atoms with Crippen molar-refractivity contribution in [3.63, 3.8) is 0 Å². The molecular weight excluding hydrogens is 228 g/mol.